The molecule has 0 bridgehead atoms. The van der Waals surface area contributed by atoms with Crippen molar-refractivity contribution in [3.8, 4) is 0 Å². The molecule has 1 aromatic carbocycles. The average Bonchev–Trinajstić information content (AvgIpc) is 3.23. The van der Waals surface area contributed by atoms with Crippen molar-refractivity contribution in [2.45, 2.75) is 12.8 Å². The Morgan fingerprint density at radius 2 is 1.71 bits per heavy atom. The van der Waals surface area contributed by atoms with Gasteiger partial charge in [0.25, 0.3) is 0 Å². The molecule has 0 aromatic heterocycles. The molecule has 0 atom stereocenters. The SMILES string of the molecule is N=C(N)c1cc(F)c(N2CCN(CC3CC3)CC2)c(F)c1. The van der Waals surface area contributed by atoms with E-state index >= 15 is 0 Å². The van der Waals surface area contributed by atoms with Crippen molar-refractivity contribution in [3.05, 3.63) is 29.3 Å². The number of benzene rings is 1. The molecule has 0 unspecified atom stereocenters. The average molecular weight is 294 g/mol. The normalized spacial score (nSPS) is 19.8. The first-order chi connectivity index (χ1) is 10.0. The van der Waals surface area contributed by atoms with Gasteiger partial charge >= 0.3 is 0 Å². The number of hydrogen-bond acceptors (Lipinski definition) is 3. The lowest BCUT2D eigenvalue weighted by molar-refractivity contribution is 0.247. The number of halogens is 2. The Hall–Kier alpha value is -1.69. The predicted octanol–water partition coefficient (Wildman–Crippen LogP) is 1.78. The first kappa shape index (κ1) is 14.3. The summed E-state index contributed by atoms with van der Waals surface area (Å²) in [7, 11) is 0. The lowest BCUT2D eigenvalue weighted by Crippen LogP contribution is -2.47. The lowest BCUT2D eigenvalue weighted by Gasteiger charge is -2.36. The summed E-state index contributed by atoms with van der Waals surface area (Å²) >= 11 is 0. The first-order valence-electron chi connectivity index (χ1n) is 7.35. The summed E-state index contributed by atoms with van der Waals surface area (Å²) in [6, 6.07) is 2.27. The first-order valence-corrected chi connectivity index (χ1v) is 7.35. The number of hydrogen-bond donors (Lipinski definition) is 2. The largest absolute Gasteiger partial charge is 0.384 e. The van der Waals surface area contributed by atoms with Crippen LogP contribution in [0.5, 0.6) is 0 Å². The molecule has 3 rings (SSSR count). The molecule has 1 heterocycles. The number of amidine groups is 1. The van der Waals surface area contributed by atoms with Gasteiger partial charge in [-0.15, -0.1) is 0 Å². The van der Waals surface area contributed by atoms with Gasteiger partial charge in [-0.25, -0.2) is 8.78 Å². The number of nitrogens with two attached hydrogens (primary N) is 1. The highest BCUT2D eigenvalue weighted by atomic mass is 19.1. The summed E-state index contributed by atoms with van der Waals surface area (Å²) in [4.78, 5) is 4.12. The van der Waals surface area contributed by atoms with E-state index in [4.69, 9.17) is 11.1 Å². The van der Waals surface area contributed by atoms with E-state index < -0.39 is 11.6 Å². The van der Waals surface area contributed by atoms with E-state index in [0.717, 1.165) is 37.7 Å². The fraction of sp³-hybridized carbons (Fsp3) is 0.533. The number of nitrogens with one attached hydrogen (secondary N) is 1. The molecule has 2 aliphatic rings. The molecule has 1 aliphatic heterocycles. The number of piperazine rings is 1. The lowest BCUT2D eigenvalue weighted by atomic mass is 10.1. The van der Waals surface area contributed by atoms with Crippen LogP contribution in [0, 0.1) is 23.0 Å². The van der Waals surface area contributed by atoms with Crippen LogP contribution in [0.25, 0.3) is 0 Å². The summed E-state index contributed by atoms with van der Waals surface area (Å²) in [6.45, 7) is 4.04. The quantitative estimate of drug-likeness (QED) is 0.657. The molecular weight excluding hydrogens is 274 g/mol. The van der Waals surface area contributed by atoms with Crippen LogP contribution in [0.15, 0.2) is 12.1 Å². The maximum Gasteiger partial charge on any atom is 0.150 e. The Balaban J connectivity index is 1.71. The predicted molar refractivity (Wildman–Crippen MR) is 78.8 cm³/mol. The molecule has 1 aromatic rings. The highest BCUT2D eigenvalue weighted by Gasteiger charge is 2.28. The smallest absolute Gasteiger partial charge is 0.150 e. The van der Waals surface area contributed by atoms with Crippen LogP contribution in [-0.4, -0.2) is 43.5 Å². The summed E-state index contributed by atoms with van der Waals surface area (Å²) in [5.41, 5.74) is 5.37. The van der Waals surface area contributed by atoms with E-state index in [9.17, 15) is 8.78 Å². The van der Waals surface area contributed by atoms with Gasteiger partial charge in [0.15, 0.2) is 0 Å². The van der Waals surface area contributed by atoms with Crippen LogP contribution in [0.1, 0.15) is 18.4 Å². The molecule has 0 radical (unpaired) electrons. The van der Waals surface area contributed by atoms with Crippen molar-refractivity contribution in [2.75, 3.05) is 37.6 Å². The Morgan fingerprint density at radius 3 is 2.19 bits per heavy atom. The Kier molecular flexibility index (Phi) is 3.80. The molecule has 114 valence electrons. The van der Waals surface area contributed by atoms with E-state index in [2.05, 4.69) is 4.90 Å². The molecule has 3 N–H and O–H groups in total. The van der Waals surface area contributed by atoms with Crippen LogP contribution >= 0.6 is 0 Å². The molecule has 4 nitrogen and oxygen atoms in total. The van der Waals surface area contributed by atoms with Gasteiger partial charge in [0.1, 0.15) is 23.2 Å². The zero-order valence-electron chi connectivity index (χ0n) is 11.9. The molecule has 1 saturated carbocycles. The zero-order chi connectivity index (χ0) is 15.0. The minimum Gasteiger partial charge on any atom is -0.384 e. The van der Waals surface area contributed by atoms with Gasteiger partial charge in [0.2, 0.25) is 0 Å². The number of nitrogen functional groups attached to an aromatic ring is 1. The molecule has 2 fully saturated rings. The topological polar surface area (TPSA) is 56.4 Å². The van der Waals surface area contributed by atoms with Crippen molar-refractivity contribution in [1.29, 1.82) is 5.41 Å². The van der Waals surface area contributed by atoms with E-state index in [1.165, 1.54) is 12.8 Å². The van der Waals surface area contributed by atoms with Gasteiger partial charge in [0, 0.05) is 38.3 Å². The van der Waals surface area contributed by atoms with Crippen molar-refractivity contribution >= 4 is 11.5 Å². The number of rotatable bonds is 4. The summed E-state index contributed by atoms with van der Waals surface area (Å²) < 4.78 is 28.3. The molecule has 0 spiro atoms. The number of anilines is 1. The van der Waals surface area contributed by atoms with Gasteiger partial charge in [-0.3, -0.25) is 10.3 Å². The van der Waals surface area contributed by atoms with Crippen molar-refractivity contribution in [3.63, 3.8) is 0 Å². The standard InChI is InChI=1S/C15H20F2N4/c16-12-7-11(15(18)19)8-13(17)14(12)21-5-3-20(4-6-21)9-10-1-2-10/h7-8,10H,1-6,9H2,(H3,18,19). The van der Waals surface area contributed by atoms with Crippen molar-refractivity contribution in [1.82, 2.24) is 4.90 Å². The molecule has 0 amide bonds. The minimum atomic E-state index is -0.643. The van der Waals surface area contributed by atoms with Gasteiger partial charge in [-0.05, 0) is 30.9 Å². The second-order valence-electron chi connectivity index (χ2n) is 5.93. The summed E-state index contributed by atoms with van der Waals surface area (Å²) in [6.07, 6.45) is 2.63. The van der Waals surface area contributed by atoms with Crippen molar-refractivity contribution < 1.29 is 8.78 Å². The van der Waals surface area contributed by atoms with Crippen LogP contribution < -0.4 is 10.6 Å². The second-order valence-corrected chi connectivity index (χ2v) is 5.93. The fourth-order valence-corrected chi connectivity index (χ4v) is 2.84. The van der Waals surface area contributed by atoms with Gasteiger partial charge in [0.05, 0.1) is 0 Å². The third-order valence-electron chi connectivity index (χ3n) is 4.23. The van der Waals surface area contributed by atoms with E-state index in [1.54, 1.807) is 4.90 Å². The zero-order valence-corrected chi connectivity index (χ0v) is 11.9. The molecule has 6 heteroatoms. The Bertz CT molecular complexity index is 526. The summed E-state index contributed by atoms with van der Waals surface area (Å²) in [5.74, 6) is -0.778. The molecule has 1 saturated heterocycles. The fourth-order valence-electron chi connectivity index (χ4n) is 2.84. The van der Waals surface area contributed by atoms with Gasteiger partial charge in [-0.2, -0.15) is 0 Å². The highest BCUT2D eigenvalue weighted by molar-refractivity contribution is 5.95. The van der Waals surface area contributed by atoms with Crippen molar-refractivity contribution in [2.24, 2.45) is 11.7 Å². The maximum absolute atomic E-state index is 14.1. The second kappa shape index (κ2) is 5.60. The van der Waals surface area contributed by atoms with Crippen LogP contribution in [0.4, 0.5) is 14.5 Å². The van der Waals surface area contributed by atoms with Crippen LogP contribution in [-0.2, 0) is 0 Å². The van der Waals surface area contributed by atoms with Crippen LogP contribution in [0.2, 0.25) is 0 Å². The van der Waals surface area contributed by atoms with Gasteiger partial charge < -0.3 is 10.6 Å². The van der Waals surface area contributed by atoms with E-state index in [1.807, 2.05) is 0 Å². The third-order valence-corrected chi connectivity index (χ3v) is 4.23. The maximum atomic E-state index is 14.1. The monoisotopic (exact) mass is 294 g/mol. The Labute approximate surface area is 123 Å². The highest BCUT2D eigenvalue weighted by Crippen LogP contribution is 2.31. The summed E-state index contributed by atoms with van der Waals surface area (Å²) in [5, 5.41) is 7.27. The minimum absolute atomic E-state index is 0.00562. The van der Waals surface area contributed by atoms with Gasteiger partial charge in [-0.1, -0.05) is 0 Å². The molecule has 1 aliphatic carbocycles. The van der Waals surface area contributed by atoms with E-state index in [-0.39, 0.29) is 17.1 Å². The number of nitrogens with zero attached hydrogens (tertiary/aromatic N) is 2. The third kappa shape index (κ3) is 3.15. The van der Waals surface area contributed by atoms with Crippen LogP contribution in [0.3, 0.4) is 0 Å². The molecular formula is C15H20F2N4. The Morgan fingerprint density at radius 1 is 1.14 bits per heavy atom. The van der Waals surface area contributed by atoms with E-state index in [0.29, 0.717) is 13.1 Å². The molecule has 21 heavy (non-hydrogen) atoms.